The maximum Gasteiger partial charge on any atom is 0.274 e. The number of hydrogen-bond donors (Lipinski definition) is 0. The molecular weight excluding hydrogens is 320 g/mol. The van der Waals surface area contributed by atoms with Crippen LogP contribution in [0.25, 0.3) is 0 Å². The molecule has 1 aromatic heterocycles. The highest BCUT2D eigenvalue weighted by Gasteiger charge is 2.30. The summed E-state index contributed by atoms with van der Waals surface area (Å²) in [5.74, 6) is 0.623. The lowest BCUT2D eigenvalue weighted by Crippen LogP contribution is -2.51. The van der Waals surface area contributed by atoms with Crippen molar-refractivity contribution < 1.29 is 17.9 Å². The van der Waals surface area contributed by atoms with E-state index in [9.17, 15) is 13.2 Å². The lowest BCUT2D eigenvalue weighted by atomic mass is 10.3. The zero-order valence-electron chi connectivity index (χ0n) is 13.3. The van der Waals surface area contributed by atoms with Gasteiger partial charge in [0.15, 0.2) is 5.69 Å². The van der Waals surface area contributed by atoms with Gasteiger partial charge in [-0.2, -0.15) is 9.40 Å². The number of sulfonamides is 1. The molecule has 3 heterocycles. The fourth-order valence-corrected chi connectivity index (χ4v) is 4.38. The van der Waals surface area contributed by atoms with E-state index in [2.05, 4.69) is 5.10 Å². The Kier molecular flexibility index (Phi) is 4.58. The van der Waals surface area contributed by atoms with Crippen LogP contribution in [0, 0.1) is 0 Å². The number of rotatable bonds is 4. The molecule has 0 unspecified atom stereocenters. The third-order valence-corrected chi connectivity index (χ3v) is 6.18. The Labute approximate surface area is 136 Å². The molecule has 1 saturated heterocycles. The molecule has 0 spiro atoms. The SMILES string of the molecule is CCCS(=O)(=O)N1CCN(C(=O)c2cc3n(n2)CCCO3)CC1. The van der Waals surface area contributed by atoms with Gasteiger partial charge in [-0.25, -0.2) is 13.1 Å². The van der Waals surface area contributed by atoms with E-state index in [1.54, 1.807) is 15.6 Å². The number of fused-ring (bicyclic) bond motifs is 1. The van der Waals surface area contributed by atoms with Crippen LogP contribution in [0.1, 0.15) is 30.3 Å². The predicted molar refractivity (Wildman–Crippen MR) is 83.9 cm³/mol. The molecule has 0 atom stereocenters. The van der Waals surface area contributed by atoms with Crippen LogP contribution in [-0.4, -0.2) is 71.8 Å². The summed E-state index contributed by atoms with van der Waals surface area (Å²) in [5, 5.41) is 4.29. The highest BCUT2D eigenvalue weighted by atomic mass is 32.2. The minimum absolute atomic E-state index is 0.159. The molecule has 128 valence electrons. The second-order valence-corrected chi connectivity index (χ2v) is 7.89. The van der Waals surface area contributed by atoms with Crippen molar-refractivity contribution in [2.75, 3.05) is 38.5 Å². The van der Waals surface area contributed by atoms with E-state index in [1.807, 2.05) is 6.92 Å². The second kappa shape index (κ2) is 6.48. The Bertz CT molecular complexity index is 653. The Morgan fingerprint density at radius 2 is 2.00 bits per heavy atom. The van der Waals surface area contributed by atoms with Gasteiger partial charge in [-0.3, -0.25) is 4.79 Å². The first kappa shape index (κ1) is 16.3. The number of piperazine rings is 1. The number of aromatic nitrogens is 2. The van der Waals surface area contributed by atoms with E-state index in [-0.39, 0.29) is 11.7 Å². The highest BCUT2D eigenvalue weighted by molar-refractivity contribution is 7.89. The fourth-order valence-electron chi connectivity index (χ4n) is 2.89. The summed E-state index contributed by atoms with van der Waals surface area (Å²) in [7, 11) is -3.19. The van der Waals surface area contributed by atoms with Crippen LogP contribution in [-0.2, 0) is 16.6 Å². The van der Waals surface area contributed by atoms with E-state index in [4.69, 9.17) is 4.74 Å². The van der Waals surface area contributed by atoms with Gasteiger partial charge in [0.25, 0.3) is 5.91 Å². The number of aryl methyl sites for hydroxylation is 1. The standard InChI is InChI=1S/C14H22N4O4S/c1-2-10-23(20,21)17-7-5-16(6-8-17)14(19)12-11-13-18(15-12)4-3-9-22-13/h11H,2-10H2,1H3. The average Bonchev–Trinajstić information content (AvgIpc) is 2.98. The van der Waals surface area contributed by atoms with Crippen LogP contribution in [0.5, 0.6) is 5.88 Å². The summed E-state index contributed by atoms with van der Waals surface area (Å²) in [5.41, 5.74) is 0.367. The molecule has 9 heteroatoms. The minimum Gasteiger partial charge on any atom is -0.478 e. The van der Waals surface area contributed by atoms with Gasteiger partial charge < -0.3 is 9.64 Å². The van der Waals surface area contributed by atoms with Crippen LogP contribution in [0.4, 0.5) is 0 Å². The van der Waals surface area contributed by atoms with Crippen LogP contribution in [0.3, 0.4) is 0 Å². The van der Waals surface area contributed by atoms with E-state index in [0.717, 1.165) is 13.0 Å². The molecule has 0 aromatic carbocycles. The van der Waals surface area contributed by atoms with Gasteiger partial charge in [-0.05, 0) is 6.42 Å². The summed E-state index contributed by atoms with van der Waals surface area (Å²) < 4.78 is 32.8. The molecule has 1 fully saturated rings. The quantitative estimate of drug-likeness (QED) is 0.778. The third kappa shape index (κ3) is 3.35. The van der Waals surface area contributed by atoms with E-state index in [1.165, 1.54) is 4.31 Å². The molecule has 0 aliphatic carbocycles. The largest absolute Gasteiger partial charge is 0.478 e. The smallest absolute Gasteiger partial charge is 0.274 e. The molecule has 0 radical (unpaired) electrons. The van der Waals surface area contributed by atoms with Gasteiger partial charge in [0.05, 0.1) is 12.4 Å². The highest BCUT2D eigenvalue weighted by Crippen LogP contribution is 2.20. The minimum atomic E-state index is -3.19. The van der Waals surface area contributed by atoms with E-state index in [0.29, 0.717) is 50.8 Å². The van der Waals surface area contributed by atoms with Crippen molar-refractivity contribution in [1.82, 2.24) is 19.0 Å². The Morgan fingerprint density at radius 1 is 1.26 bits per heavy atom. The molecule has 2 aliphatic rings. The Hall–Kier alpha value is -1.61. The normalized spacial score (nSPS) is 19.3. The summed E-state index contributed by atoms with van der Waals surface area (Å²) in [6.45, 7) is 4.73. The molecule has 0 saturated carbocycles. The van der Waals surface area contributed by atoms with Crippen molar-refractivity contribution >= 4 is 15.9 Å². The molecular formula is C14H22N4O4S. The first-order valence-electron chi connectivity index (χ1n) is 7.99. The van der Waals surface area contributed by atoms with E-state index >= 15 is 0 Å². The van der Waals surface area contributed by atoms with Crippen LogP contribution in [0.2, 0.25) is 0 Å². The molecule has 0 bridgehead atoms. The van der Waals surface area contributed by atoms with Crippen LogP contribution in [0.15, 0.2) is 6.07 Å². The number of hydrogen-bond acceptors (Lipinski definition) is 5. The first-order valence-corrected chi connectivity index (χ1v) is 9.60. The Balaban J connectivity index is 1.63. The van der Waals surface area contributed by atoms with Gasteiger partial charge in [0.1, 0.15) is 0 Å². The van der Waals surface area contributed by atoms with Crippen molar-refractivity contribution in [1.29, 1.82) is 0 Å². The average molecular weight is 342 g/mol. The maximum absolute atomic E-state index is 12.5. The molecule has 1 amide bonds. The number of carbonyl (C=O) groups excluding carboxylic acids is 1. The molecule has 0 N–H and O–H groups in total. The number of ether oxygens (including phenoxy) is 1. The van der Waals surface area contributed by atoms with Gasteiger partial charge >= 0.3 is 0 Å². The fraction of sp³-hybridized carbons (Fsp3) is 0.714. The monoisotopic (exact) mass is 342 g/mol. The van der Waals surface area contributed by atoms with Crippen LogP contribution >= 0.6 is 0 Å². The summed E-state index contributed by atoms with van der Waals surface area (Å²) in [4.78, 5) is 14.2. The summed E-state index contributed by atoms with van der Waals surface area (Å²) in [6.07, 6.45) is 1.48. The number of amides is 1. The summed E-state index contributed by atoms with van der Waals surface area (Å²) in [6, 6.07) is 1.67. The maximum atomic E-state index is 12.5. The van der Waals surface area contributed by atoms with Crippen molar-refractivity contribution in [3.8, 4) is 5.88 Å². The molecule has 1 aromatic rings. The van der Waals surface area contributed by atoms with Crippen molar-refractivity contribution in [2.24, 2.45) is 0 Å². The third-order valence-electron chi connectivity index (χ3n) is 4.11. The number of nitrogens with zero attached hydrogens (tertiary/aromatic N) is 4. The number of carbonyl (C=O) groups is 1. The summed E-state index contributed by atoms with van der Waals surface area (Å²) >= 11 is 0. The van der Waals surface area contributed by atoms with E-state index < -0.39 is 10.0 Å². The van der Waals surface area contributed by atoms with Crippen molar-refractivity contribution in [3.05, 3.63) is 11.8 Å². The Morgan fingerprint density at radius 3 is 2.65 bits per heavy atom. The topological polar surface area (TPSA) is 84.7 Å². The molecule has 23 heavy (non-hydrogen) atoms. The van der Waals surface area contributed by atoms with Gasteiger partial charge in [-0.1, -0.05) is 6.92 Å². The zero-order chi connectivity index (χ0) is 16.4. The second-order valence-electron chi connectivity index (χ2n) is 5.80. The van der Waals surface area contributed by atoms with Gasteiger partial charge in [-0.15, -0.1) is 0 Å². The molecule has 8 nitrogen and oxygen atoms in total. The van der Waals surface area contributed by atoms with Crippen molar-refractivity contribution in [2.45, 2.75) is 26.3 Å². The predicted octanol–water partition coefficient (Wildman–Crippen LogP) is 0.163. The van der Waals surface area contributed by atoms with Gasteiger partial charge in [0, 0.05) is 45.2 Å². The lowest BCUT2D eigenvalue weighted by Gasteiger charge is -2.33. The van der Waals surface area contributed by atoms with Gasteiger partial charge in [0.2, 0.25) is 15.9 Å². The molecule has 2 aliphatic heterocycles. The first-order chi connectivity index (χ1) is 11.0. The molecule has 3 rings (SSSR count). The van der Waals surface area contributed by atoms with Crippen molar-refractivity contribution in [3.63, 3.8) is 0 Å². The zero-order valence-corrected chi connectivity index (χ0v) is 14.1. The van der Waals surface area contributed by atoms with Crippen LogP contribution < -0.4 is 4.74 Å². The lowest BCUT2D eigenvalue weighted by molar-refractivity contribution is 0.0691.